The second-order valence-electron chi connectivity index (χ2n) is 4.44. The zero-order valence-electron chi connectivity index (χ0n) is 8.27. The molecule has 1 aliphatic rings. The van der Waals surface area contributed by atoms with Crippen LogP contribution >= 0.6 is 0 Å². The Balaban J connectivity index is 2.33. The van der Waals surface area contributed by atoms with Crippen molar-refractivity contribution in [2.75, 3.05) is 0 Å². The van der Waals surface area contributed by atoms with Crippen LogP contribution in [0, 0.1) is 17.8 Å². The Kier molecular flexibility index (Phi) is 3.42. The molecule has 1 rings (SSSR count). The Morgan fingerprint density at radius 2 is 2.00 bits per heavy atom. The van der Waals surface area contributed by atoms with E-state index in [1.54, 1.807) is 0 Å². The molecular formula is C11H22. The van der Waals surface area contributed by atoms with Crippen molar-refractivity contribution in [2.45, 2.75) is 52.9 Å². The predicted molar refractivity (Wildman–Crippen MR) is 50.6 cm³/mol. The van der Waals surface area contributed by atoms with Gasteiger partial charge in [0.1, 0.15) is 0 Å². The average molecular weight is 154 g/mol. The smallest absolute Gasteiger partial charge is 0.0388 e. The molecule has 0 spiro atoms. The minimum atomic E-state index is 0.921. The molecule has 1 fully saturated rings. The van der Waals surface area contributed by atoms with E-state index < -0.39 is 0 Å². The molecule has 1 unspecified atom stereocenters. The Labute approximate surface area is 71.4 Å². The highest BCUT2D eigenvalue weighted by Gasteiger charge is 2.22. The average Bonchev–Trinajstić information content (AvgIpc) is 2.05. The summed E-state index contributed by atoms with van der Waals surface area (Å²) in [5, 5.41) is 0. The van der Waals surface area contributed by atoms with Crippen molar-refractivity contribution in [3.05, 3.63) is 0 Å². The summed E-state index contributed by atoms with van der Waals surface area (Å²) in [6.07, 6.45) is 7.40. The van der Waals surface area contributed by atoms with E-state index in [0.29, 0.717) is 0 Å². The first-order chi connectivity index (χ1) is 5.24. The summed E-state index contributed by atoms with van der Waals surface area (Å²) in [6.45, 7) is 7.10. The SMILES string of the molecule is CC[C@H]1CCCC(C(C)C)C1. The van der Waals surface area contributed by atoms with Crippen molar-refractivity contribution in [1.82, 2.24) is 0 Å². The van der Waals surface area contributed by atoms with Crippen LogP contribution in [0.4, 0.5) is 0 Å². The highest BCUT2D eigenvalue weighted by Crippen LogP contribution is 2.34. The van der Waals surface area contributed by atoms with Crippen molar-refractivity contribution in [3.8, 4) is 0 Å². The number of rotatable bonds is 2. The molecule has 0 radical (unpaired) electrons. The van der Waals surface area contributed by atoms with E-state index in [1.807, 2.05) is 0 Å². The lowest BCUT2D eigenvalue weighted by molar-refractivity contribution is 0.211. The first-order valence-electron chi connectivity index (χ1n) is 5.24. The summed E-state index contributed by atoms with van der Waals surface area (Å²) in [5.74, 6) is 3.01. The molecule has 11 heavy (non-hydrogen) atoms. The summed E-state index contributed by atoms with van der Waals surface area (Å²) < 4.78 is 0. The summed E-state index contributed by atoms with van der Waals surface area (Å²) in [5.41, 5.74) is 0. The highest BCUT2D eigenvalue weighted by molar-refractivity contribution is 4.74. The monoisotopic (exact) mass is 154 g/mol. The third-order valence-corrected chi connectivity index (χ3v) is 3.34. The van der Waals surface area contributed by atoms with Gasteiger partial charge in [0.05, 0.1) is 0 Å². The van der Waals surface area contributed by atoms with Gasteiger partial charge >= 0.3 is 0 Å². The van der Waals surface area contributed by atoms with Crippen LogP contribution < -0.4 is 0 Å². The Bertz CT molecular complexity index is 105. The molecule has 0 aromatic rings. The van der Waals surface area contributed by atoms with E-state index >= 15 is 0 Å². The standard InChI is InChI=1S/C11H22/c1-4-10-6-5-7-11(8-10)9(2)3/h9-11H,4-8H2,1-3H3/t10-,11?/m0/s1. The third-order valence-electron chi connectivity index (χ3n) is 3.34. The van der Waals surface area contributed by atoms with E-state index in [9.17, 15) is 0 Å². The second-order valence-corrected chi connectivity index (χ2v) is 4.44. The fraction of sp³-hybridized carbons (Fsp3) is 1.00. The quantitative estimate of drug-likeness (QED) is 0.566. The molecule has 1 aliphatic carbocycles. The molecule has 0 saturated heterocycles. The Morgan fingerprint density at radius 3 is 2.55 bits per heavy atom. The van der Waals surface area contributed by atoms with Crippen LogP contribution in [-0.2, 0) is 0 Å². The molecule has 0 heterocycles. The summed E-state index contributed by atoms with van der Waals surface area (Å²) in [6, 6.07) is 0. The molecule has 0 heteroatoms. The molecule has 0 N–H and O–H groups in total. The van der Waals surface area contributed by atoms with Crippen molar-refractivity contribution < 1.29 is 0 Å². The maximum absolute atomic E-state index is 2.38. The van der Waals surface area contributed by atoms with Gasteiger partial charge in [-0.25, -0.2) is 0 Å². The Morgan fingerprint density at radius 1 is 1.27 bits per heavy atom. The molecule has 0 aromatic carbocycles. The van der Waals surface area contributed by atoms with Gasteiger partial charge in [-0.15, -0.1) is 0 Å². The van der Waals surface area contributed by atoms with Crippen molar-refractivity contribution in [1.29, 1.82) is 0 Å². The molecule has 0 amide bonds. The van der Waals surface area contributed by atoms with Crippen LogP contribution in [0.3, 0.4) is 0 Å². The van der Waals surface area contributed by atoms with Crippen LogP contribution in [0.5, 0.6) is 0 Å². The van der Waals surface area contributed by atoms with Crippen LogP contribution in [0.2, 0.25) is 0 Å². The molecular weight excluding hydrogens is 132 g/mol. The van der Waals surface area contributed by atoms with Gasteiger partial charge in [-0.2, -0.15) is 0 Å². The van der Waals surface area contributed by atoms with Crippen LogP contribution in [0.15, 0.2) is 0 Å². The van der Waals surface area contributed by atoms with E-state index in [0.717, 1.165) is 17.8 Å². The predicted octanol–water partition coefficient (Wildman–Crippen LogP) is 3.86. The minimum absolute atomic E-state index is 0.921. The summed E-state index contributed by atoms with van der Waals surface area (Å²) in [7, 11) is 0. The first-order valence-corrected chi connectivity index (χ1v) is 5.24. The number of hydrogen-bond donors (Lipinski definition) is 0. The molecule has 0 aliphatic heterocycles. The third kappa shape index (κ3) is 2.50. The summed E-state index contributed by atoms with van der Waals surface area (Å²) >= 11 is 0. The van der Waals surface area contributed by atoms with Gasteiger partial charge in [-0.05, 0) is 24.2 Å². The molecule has 1 saturated carbocycles. The molecule has 66 valence electrons. The lowest BCUT2D eigenvalue weighted by Crippen LogP contribution is -2.19. The topological polar surface area (TPSA) is 0 Å². The lowest BCUT2D eigenvalue weighted by atomic mass is 9.75. The molecule has 2 atom stereocenters. The van der Waals surface area contributed by atoms with Crippen LogP contribution in [-0.4, -0.2) is 0 Å². The Hall–Kier alpha value is 0. The van der Waals surface area contributed by atoms with Gasteiger partial charge < -0.3 is 0 Å². The van der Waals surface area contributed by atoms with Crippen molar-refractivity contribution >= 4 is 0 Å². The molecule has 0 nitrogen and oxygen atoms in total. The zero-order valence-corrected chi connectivity index (χ0v) is 8.27. The van der Waals surface area contributed by atoms with Gasteiger partial charge in [0.15, 0.2) is 0 Å². The maximum atomic E-state index is 2.38. The molecule has 0 bridgehead atoms. The van der Waals surface area contributed by atoms with E-state index in [4.69, 9.17) is 0 Å². The fourth-order valence-corrected chi connectivity index (χ4v) is 2.31. The van der Waals surface area contributed by atoms with Gasteiger partial charge in [-0.1, -0.05) is 46.5 Å². The highest BCUT2D eigenvalue weighted by atomic mass is 14.3. The van der Waals surface area contributed by atoms with E-state index in [1.165, 1.54) is 32.1 Å². The van der Waals surface area contributed by atoms with Gasteiger partial charge in [0.25, 0.3) is 0 Å². The van der Waals surface area contributed by atoms with E-state index in [-0.39, 0.29) is 0 Å². The zero-order chi connectivity index (χ0) is 8.27. The molecule has 0 aromatic heterocycles. The largest absolute Gasteiger partial charge is 0.0651 e. The normalized spacial score (nSPS) is 32.7. The first kappa shape index (κ1) is 9.09. The van der Waals surface area contributed by atoms with Crippen LogP contribution in [0.1, 0.15) is 52.9 Å². The summed E-state index contributed by atoms with van der Waals surface area (Å²) in [4.78, 5) is 0. The minimum Gasteiger partial charge on any atom is -0.0651 e. The maximum Gasteiger partial charge on any atom is -0.0388 e. The van der Waals surface area contributed by atoms with Crippen molar-refractivity contribution in [2.24, 2.45) is 17.8 Å². The second kappa shape index (κ2) is 4.13. The van der Waals surface area contributed by atoms with Crippen molar-refractivity contribution in [3.63, 3.8) is 0 Å². The van der Waals surface area contributed by atoms with Crippen LogP contribution in [0.25, 0.3) is 0 Å². The fourth-order valence-electron chi connectivity index (χ4n) is 2.31. The number of hydrogen-bond acceptors (Lipinski definition) is 0. The van der Waals surface area contributed by atoms with Gasteiger partial charge in [0.2, 0.25) is 0 Å². The van der Waals surface area contributed by atoms with E-state index in [2.05, 4.69) is 20.8 Å². The van der Waals surface area contributed by atoms with Gasteiger partial charge in [0, 0.05) is 0 Å². The van der Waals surface area contributed by atoms with Gasteiger partial charge in [-0.3, -0.25) is 0 Å². The lowest BCUT2D eigenvalue weighted by Gasteiger charge is -2.30.